The highest BCUT2D eigenvalue weighted by Gasteiger charge is 2.26. The van der Waals surface area contributed by atoms with Gasteiger partial charge in [0.1, 0.15) is 11.8 Å². The molecule has 0 spiro atoms. The van der Waals surface area contributed by atoms with Gasteiger partial charge in [0.05, 0.1) is 0 Å². The minimum Gasteiger partial charge on any atom is -0.484 e. The van der Waals surface area contributed by atoms with Crippen LogP contribution in [0.1, 0.15) is 30.5 Å². The molecule has 1 atom stereocenters. The number of hydrogen-bond acceptors (Lipinski definition) is 3. The van der Waals surface area contributed by atoms with E-state index in [1.807, 2.05) is 32.9 Å². The average Bonchev–Trinajstić information content (AvgIpc) is 2.69. The van der Waals surface area contributed by atoms with Crippen LogP contribution in [-0.2, 0) is 16.1 Å². The second kappa shape index (κ2) is 10.5. The lowest BCUT2D eigenvalue weighted by atomic mass is 10.1. The van der Waals surface area contributed by atoms with E-state index in [0.29, 0.717) is 22.3 Å². The van der Waals surface area contributed by atoms with E-state index in [-0.39, 0.29) is 25.0 Å². The molecule has 0 fully saturated rings. The first kappa shape index (κ1) is 23.0. The van der Waals surface area contributed by atoms with Crippen molar-refractivity contribution >= 4 is 35.0 Å². The van der Waals surface area contributed by atoms with Gasteiger partial charge in [-0.05, 0) is 68.7 Å². The molecular formula is C22H26Cl2N2O3. The second-order valence-electron chi connectivity index (χ2n) is 6.88. The van der Waals surface area contributed by atoms with Gasteiger partial charge in [-0.3, -0.25) is 9.59 Å². The van der Waals surface area contributed by atoms with Crippen LogP contribution in [0.3, 0.4) is 0 Å². The van der Waals surface area contributed by atoms with Crippen LogP contribution in [0.5, 0.6) is 5.75 Å². The normalized spacial score (nSPS) is 11.7. The van der Waals surface area contributed by atoms with Crippen LogP contribution in [0, 0.1) is 13.8 Å². The summed E-state index contributed by atoms with van der Waals surface area (Å²) in [6.07, 6.45) is 0. The molecule has 0 heterocycles. The van der Waals surface area contributed by atoms with Crippen molar-refractivity contribution in [3.8, 4) is 5.75 Å². The molecule has 2 amide bonds. The molecule has 156 valence electrons. The highest BCUT2D eigenvalue weighted by Crippen LogP contribution is 2.26. The summed E-state index contributed by atoms with van der Waals surface area (Å²) in [6.45, 7) is 7.89. The first-order valence-corrected chi connectivity index (χ1v) is 10.2. The fourth-order valence-electron chi connectivity index (χ4n) is 2.91. The van der Waals surface area contributed by atoms with Gasteiger partial charge < -0.3 is 15.0 Å². The summed E-state index contributed by atoms with van der Waals surface area (Å²) >= 11 is 12.1. The third-order valence-electron chi connectivity index (χ3n) is 4.56. The van der Waals surface area contributed by atoms with E-state index in [9.17, 15) is 9.59 Å². The number of carbonyl (C=O) groups excluding carboxylic acids is 2. The van der Waals surface area contributed by atoms with Gasteiger partial charge in [-0.2, -0.15) is 0 Å². The molecule has 2 aromatic rings. The summed E-state index contributed by atoms with van der Waals surface area (Å²) in [6, 6.07) is 10.1. The molecular weight excluding hydrogens is 411 g/mol. The van der Waals surface area contributed by atoms with Crippen LogP contribution in [0.25, 0.3) is 0 Å². The smallest absolute Gasteiger partial charge is 0.261 e. The van der Waals surface area contributed by atoms with E-state index in [1.165, 1.54) is 4.90 Å². The molecule has 0 saturated carbocycles. The molecule has 0 bridgehead atoms. The molecule has 1 unspecified atom stereocenters. The van der Waals surface area contributed by atoms with Gasteiger partial charge in [0.15, 0.2) is 6.61 Å². The van der Waals surface area contributed by atoms with Gasteiger partial charge in [-0.15, -0.1) is 0 Å². The highest BCUT2D eigenvalue weighted by atomic mass is 35.5. The van der Waals surface area contributed by atoms with Crippen LogP contribution in [0.4, 0.5) is 0 Å². The molecule has 1 N–H and O–H groups in total. The number of ether oxygens (including phenoxy) is 1. The summed E-state index contributed by atoms with van der Waals surface area (Å²) < 4.78 is 5.71. The quantitative estimate of drug-likeness (QED) is 0.660. The number of likely N-dealkylation sites (N-methyl/N-ethyl adjacent to an activating group) is 1. The number of nitrogens with one attached hydrogen (secondary N) is 1. The topological polar surface area (TPSA) is 58.6 Å². The van der Waals surface area contributed by atoms with Crippen LogP contribution >= 0.6 is 23.2 Å². The van der Waals surface area contributed by atoms with Crippen molar-refractivity contribution in [2.75, 3.05) is 13.2 Å². The third kappa shape index (κ3) is 6.38. The number of aryl methyl sites for hydroxylation is 2. The molecule has 0 aromatic heterocycles. The van der Waals surface area contributed by atoms with Crippen molar-refractivity contribution in [2.45, 2.75) is 40.3 Å². The first-order valence-electron chi connectivity index (χ1n) is 9.44. The number of hydrogen-bond donors (Lipinski definition) is 1. The van der Waals surface area contributed by atoms with E-state index in [1.54, 1.807) is 31.2 Å². The van der Waals surface area contributed by atoms with Gasteiger partial charge in [0, 0.05) is 23.1 Å². The van der Waals surface area contributed by atoms with Crippen molar-refractivity contribution < 1.29 is 14.3 Å². The molecule has 0 aliphatic carbocycles. The minimum atomic E-state index is -0.643. The molecule has 7 heteroatoms. The fourth-order valence-corrected chi connectivity index (χ4v) is 3.14. The maximum absolute atomic E-state index is 12.9. The Kier molecular flexibility index (Phi) is 8.35. The number of halogens is 2. The van der Waals surface area contributed by atoms with Crippen molar-refractivity contribution in [3.63, 3.8) is 0 Å². The standard InChI is InChI=1S/C22H26Cl2N2O3/c1-5-25-22(28)16(4)26(12-17-6-8-18(23)9-7-17)20(27)13-29-19-10-14(2)21(24)15(3)11-19/h6-11,16H,5,12-13H2,1-4H3,(H,25,28). The lowest BCUT2D eigenvalue weighted by Gasteiger charge is -2.28. The molecule has 0 radical (unpaired) electrons. The minimum absolute atomic E-state index is 0.183. The van der Waals surface area contributed by atoms with E-state index >= 15 is 0 Å². The lowest BCUT2D eigenvalue weighted by Crippen LogP contribution is -2.49. The van der Waals surface area contributed by atoms with Crippen molar-refractivity contribution in [1.82, 2.24) is 10.2 Å². The van der Waals surface area contributed by atoms with Gasteiger partial charge in [-0.25, -0.2) is 0 Å². The lowest BCUT2D eigenvalue weighted by molar-refractivity contribution is -0.142. The van der Waals surface area contributed by atoms with E-state index in [4.69, 9.17) is 27.9 Å². The van der Waals surface area contributed by atoms with Gasteiger partial charge in [0.25, 0.3) is 5.91 Å². The molecule has 2 rings (SSSR count). The maximum Gasteiger partial charge on any atom is 0.261 e. The molecule has 5 nitrogen and oxygen atoms in total. The zero-order valence-corrected chi connectivity index (χ0v) is 18.6. The third-order valence-corrected chi connectivity index (χ3v) is 5.40. The van der Waals surface area contributed by atoms with Crippen molar-refractivity contribution in [2.24, 2.45) is 0 Å². The highest BCUT2D eigenvalue weighted by molar-refractivity contribution is 6.32. The summed E-state index contributed by atoms with van der Waals surface area (Å²) in [5.74, 6) is 0.0619. The summed E-state index contributed by atoms with van der Waals surface area (Å²) in [5, 5.41) is 4.05. The van der Waals surface area contributed by atoms with Gasteiger partial charge in [-0.1, -0.05) is 35.3 Å². The molecule has 29 heavy (non-hydrogen) atoms. The van der Waals surface area contributed by atoms with Crippen LogP contribution in [-0.4, -0.2) is 35.9 Å². The summed E-state index contributed by atoms with van der Waals surface area (Å²) in [7, 11) is 0. The monoisotopic (exact) mass is 436 g/mol. The molecule has 0 aliphatic rings. The Balaban J connectivity index is 2.16. The number of nitrogens with zero attached hydrogens (tertiary/aromatic N) is 1. The SMILES string of the molecule is CCNC(=O)C(C)N(Cc1ccc(Cl)cc1)C(=O)COc1cc(C)c(Cl)c(C)c1. The van der Waals surface area contributed by atoms with E-state index < -0.39 is 6.04 Å². The number of benzene rings is 2. The van der Waals surface area contributed by atoms with Crippen LogP contribution < -0.4 is 10.1 Å². The zero-order chi connectivity index (χ0) is 21.6. The average molecular weight is 437 g/mol. The van der Waals surface area contributed by atoms with Crippen LogP contribution in [0.15, 0.2) is 36.4 Å². The molecule has 0 aliphatic heterocycles. The second-order valence-corrected chi connectivity index (χ2v) is 7.69. The van der Waals surface area contributed by atoms with E-state index in [2.05, 4.69) is 5.32 Å². The Hall–Kier alpha value is -2.24. The Morgan fingerprint density at radius 3 is 2.24 bits per heavy atom. The Labute approximate surface area is 181 Å². The summed E-state index contributed by atoms with van der Waals surface area (Å²) in [5.41, 5.74) is 2.63. The maximum atomic E-state index is 12.9. The fraction of sp³-hybridized carbons (Fsp3) is 0.364. The predicted molar refractivity (Wildman–Crippen MR) is 117 cm³/mol. The van der Waals surface area contributed by atoms with Crippen LogP contribution in [0.2, 0.25) is 10.0 Å². The van der Waals surface area contributed by atoms with Crippen molar-refractivity contribution in [3.05, 3.63) is 63.1 Å². The largest absolute Gasteiger partial charge is 0.484 e. The Morgan fingerprint density at radius 2 is 1.69 bits per heavy atom. The van der Waals surface area contributed by atoms with Gasteiger partial charge >= 0.3 is 0 Å². The van der Waals surface area contributed by atoms with Crippen molar-refractivity contribution in [1.29, 1.82) is 0 Å². The number of amides is 2. The van der Waals surface area contributed by atoms with Gasteiger partial charge in [0.2, 0.25) is 5.91 Å². The molecule has 0 saturated heterocycles. The number of rotatable bonds is 8. The van der Waals surface area contributed by atoms with E-state index in [0.717, 1.165) is 16.7 Å². The predicted octanol–water partition coefficient (Wildman–Crippen LogP) is 4.54. The zero-order valence-electron chi connectivity index (χ0n) is 17.1. The Morgan fingerprint density at radius 1 is 1.10 bits per heavy atom. The number of carbonyl (C=O) groups is 2. The Bertz CT molecular complexity index is 846. The summed E-state index contributed by atoms with van der Waals surface area (Å²) in [4.78, 5) is 26.8. The molecule has 2 aromatic carbocycles. The first-order chi connectivity index (χ1) is 13.7.